The summed E-state index contributed by atoms with van der Waals surface area (Å²) in [7, 11) is 0. The Hall–Kier alpha value is -2.15. The van der Waals surface area contributed by atoms with E-state index in [0.29, 0.717) is 22.1 Å². The summed E-state index contributed by atoms with van der Waals surface area (Å²) in [4.78, 5) is 19.0. The normalized spacial score (nSPS) is 11.0. The van der Waals surface area contributed by atoms with Gasteiger partial charge in [-0.3, -0.25) is 0 Å². The lowest BCUT2D eigenvalue weighted by Gasteiger charge is -2.28. The topological polar surface area (TPSA) is 57.3 Å². The summed E-state index contributed by atoms with van der Waals surface area (Å²) in [6.07, 6.45) is 0. The smallest absolute Gasteiger partial charge is 0.323 e. The van der Waals surface area contributed by atoms with Gasteiger partial charge >= 0.3 is 6.03 Å². The quantitative estimate of drug-likeness (QED) is 0.543. The van der Waals surface area contributed by atoms with Crippen molar-refractivity contribution in [1.82, 2.24) is 4.98 Å². The highest BCUT2D eigenvalue weighted by atomic mass is 79.9. The third kappa shape index (κ3) is 6.82. The van der Waals surface area contributed by atoms with Gasteiger partial charge in [0.05, 0.1) is 5.69 Å². The number of rotatable bonds is 7. The Bertz CT molecular complexity index is 772. The molecule has 0 saturated heterocycles. The van der Waals surface area contributed by atoms with Crippen LogP contribution in [-0.2, 0) is 0 Å². The van der Waals surface area contributed by atoms with E-state index in [9.17, 15) is 9.18 Å². The lowest BCUT2D eigenvalue weighted by molar-refractivity contribution is 0.262. The molecular weight excluding hydrogens is 411 g/mol. The van der Waals surface area contributed by atoms with Gasteiger partial charge in [0, 0.05) is 24.8 Å². The number of aromatic nitrogens is 1. The Kier molecular flexibility index (Phi) is 7.59. The fraction of sp³-hybridized carbons (Fsp3) is 0.400. The van der Waals surface area contributed by atoms with E-state index >= 15 is 0 Å². The van der Waals surface area contributed by atoms with Gasteiger partial charge in [-0.25, -0.2) is 14.2 Å². The van der Waals surface area contributed by atoms with Crippen LogP contribution in [0.25, 0.3) is 0 Å². The molecule has 1 aromatic heterocycles. The van der Waals surface area contributed by atoms with Crippen molar-refractivity contribution in [2.24, 2.45) is 11.8 Å². The summed E-state index contributed by atoms with van der Waals surface area (Å²) < 4.78 is 14.3. The first-order valence-corrected chi connectivity index (χ1v) is 9.79. The number of pyridine rings is 1. The maximum Gasteiger partial charge on any atom is 0.323 e. The number of hydrogen-bond donors (Lipinski definition) is 2. The Balaban J connectivity index is 2.17. The van der Waals surface area contributed by atoms with E-state index in [-0.39, 0.29) is 5.69 Å². The molecule has 2 N–H and O–H groups in total. The zero-order valence-electron chi connectivity index (χ0n) is 16.1. The third-order valence-corrected chi connectivity index (χ3v) is 4.06. The number of hydrogen-bond acceptors (Lipinski definition) is 3. The summed E-state index contributed by atoms with van der Waals surface area (Å²) in [6.45, 7) is 10.4. The lowest BCUT2D eigenvalue weighted by Crippen LogP contribution is -2.32. The van der Waals surface area contributed by atoms with Crippen LogP contribution in [0, 0.1) is 17.7 Å². The van der Waals surface area contributed by atoms with Gasteiger partial charge in [-0.15, -0.1) is 0 Å². The molecule has 0 aliphatic rings. The molecule has 0 atom stereocenters. The molecule has 0 spiro atoms. The molecule has 2 rings (SSSR count). The Labute approximate surface area is 168 Å². The van der Waals surface area contributed by atoms with Gasteiger partial charge in [0.15, 0.2) is 0 Å². The molecule has 1 heterocycles. The van der Waals surface area contributed by atoms with E-state index in [4.69, 9.17) is 0 Å². The number of halogens is 2. The molecular formula is C20H26BrFN4O. The first kappa shape index (κ1) is 21.2. The molecule has 27 heavy (non-hydrogen) atoms. The first-order valence-electron chi connectivity index (χ1n) is 8.99. The maximum atomic E-state index is 13.7. The van der Waals surface area contributed by atoms with Crippen molar-refractivity contribution in [2.45, 2.75) is 27.7 Å². The molecule has 5 nitrogen and oxygen atoms in total. The van der Waals surface area contributed by atoms with Crippen LogP contribution >= 0.6 is 15.9 Å². The van der Waals surface area contributed by atoms with Crippen molar-refractivity contribution in [3.63, 3.8) is 0 Å². The van der Waals surface area contributed by atoms with Crippen LogP contribution in [0.5, 0.6) is 0 Å². The molecule has 146 valence electrons. The predicted octanol–water partition coefficient (Wildman–Crippen LogP) is 5.75. The van der Waals surface area contributed by atoms with Gasteiger partial charge in [0.1, 0.15) is 16.2 Å². The lowest BCUT2D eigenvalue weighted by atomic mass is 10.1. The van der Waals surface area contributed by atoms with E-state index in [1.165, 1.54) is 12.1 Å². The zero-order chi connectivity index (χ0) is 20.0. The van der Waals surface area contributed by atoms with Crippen molar-refractivity contribution in [3.05, 3.63) is 46.8 Å². The number of nitrogens with one attached hydrogen (secondary N) is 2. The van der Waals surface area contributed by atoms with E-state index in [0.717, 1.165) is 18.9 Å². The molecule has 0 aliphatic heterocycles. The minimum Gasteiger partial charge on any atom is -0.356 e. The summed E-state index contributed by atoms with van der Waals surface area (Å²) >= 11 is 3.41. The highest BCUT2D eigenvalue weighted by Gasteiger charge is 2.15. The largest absolute Gasteiger partial charge is 0.356 e. The van der Waals surface area contributed by atoms with Crippen molar-refractivity contribution >= 4 is 39.2 Å². The third-order valence-electron chi connectivity index (χ3n) is 3.66. The van der Waals surface area contributed by atoms with Crippen molar-refractivity contribution in [1.29, 1.82) is 0 Å². The molecule has 0 bridgehead atoms. The fourth-order valence-corrected chi connectivity index (χ4v) is 3.14. The summed E-state index contributed by atoms with van der Waals surface area (Å²) in [5.41, 5.74) is 0.711. The second-order valence-corrected chi connectivity index (χ2v) is 8.10. The average molecular weight is 437 g/mol. The van der Waals surface area contributed by atoms with Crippen LogP contribution in [0.15, 0.2) is 41.0 Å². The van der Waals surface area contributed by atoms with E-state index in [1.54, 1.807) is 18.2 Å². The van der Waals surface area contributed by atoms with E-state index < -0.39 is 11.8 Å². The molecule has 0 fully saturated rings. The number of carbonyl (C=O) groups is 1. The number of amides is 2. The monoisotopic (exact) mass is 436 g/mol. The van der Waals surface area contributed by atoms with Crippen molar-refractivity contribution < 1.29 is 9.18 Å². The molecule has 7 heteroatoms. The molecule has 2 amide bonds. The van der Waals surface area contributed by atoms with Gasteiger partial charge < -0.3 is 15.5 Å². The summed E-state index contributed by atoms with van der Waals surface area (Å²) in [6, 6.07) is 9.08. The Morgan fingerprint density at radius 2 is 1.74 bits per heavy atom. The Morgan fingerprint density at radius 1 is 1.11 bits per heavy atom. The van der Waals surface area contributed by atoms with Gasteiger partial charge in [-0.1, -0.05) is 39.8 Å². The summed E-state index contributed by atoms with van der Waals surface area (Å²) in [5.74, 6) is 1.26. The second-order valence-electron chi connectivity index (χ2n) is 7.29. The van der Waals surface area contributed by atoms with E-state index in [2.05, 4.69) is 64.1 Å². The molecule has 1 aromatic carbocycles. The number of anilines is 3. The number of urea groups is 1. The highest BCUT2D eigenvalue weighted by molar-refractivity contribution is 9.10. The van der Waals surface area contributed by atoms with Gasteiger partial charge in [0.2, 0.25) is 0 Å². The number of carbonyl (C=O) groups excluding carboxylic acids is 1. The maximum absolute atomic E-state index is 13.7. The standard InChI is InChI=1S/C20H26BrFN4O/c1-13(2)11-26(12-14(3)4)19-10-15(9-18(21)25-19)23-20(27)24-17-8-6-5-7-16(17)22/h5-10,13-14H,11-12H2,1-4H3,(H2,23,24,25,27). The molecule has 0 unspecified atom stereocenters. The van der Waals surface area contributed by atoms with E-state index in [1.807, 2.05) is 6.07 Å². The van der Waals surface area contributed by atoms with Crippen LogP contribution in [0.4, 0.5) is 26.4 Å². The van der Waals surface area contributed by atoms with Gasteiger partial charge in [-0.05, 0) is 46.0 Å². The highest BCUT2D eigenvalue weighted by Crippen LogP contribution is 2.24. The minimum atomic E-state index is -0.511. The molecule has 0 saturated carbocycles. The second kappa shape index (κ2) is 9.69. The van der Waals surface area contributed by atoms with Gasteiger partial charge in [0.25, 0.3) is 0 Å². The molecule has 0 aliphatic carbocycles. The number of para-hydroxylation sites is 1. The predicted molar refractivity (Wildman–Crippen MR) is 113 cm³/mol. The number of benzene rings is 1. The first-order chi connectivity index (χ1) is 12.7. The van der Waals surface area contributed by atoms with Crippen molar-refractivity contribution in [3.8, 4) is 0 Å². The fourth-order valence-electron chi connectivity index (χ4n) is 2.71. The van der Waals surface area contributed by atoms with Crippen LogP contribution in [-0.4, -0.2) is 24.1 Å². The summed E-state index contributed by atoms with van der Waals surface area (Å²) in [5, 5.41) is 5.26. The van der Waals surface area contributed by atoms with Crippen LogP contribution in [0.3, 0.4) is 0 Å². The molecule has 2 aromatic rings. The van der Waals surface area contributed by atoms with Crippen LogP contribution in [0.2, 0.25) is 0 Å². The van der Waals surface area contributed by atoms with Crippen molar-refractivity contribution in [2.75, 3.05) is 28.6 Å². The number of nitrogens with zero attached hydrogens (tertiary/aromatic N) is 2. The zero-order valence-corrected chi connectivity index (χ0v) is 17.7. The molecule has 0 radical (unpaired) electrons. The van der Waals surface area contributed by atoms with Crippen LogP contribution < -0.4 is 15.5 Å². The van der Waals surface area contributed by atoms with Crippen LogP contribution in [0.1, 0.15) is 27.7 Å². The minimum absolute atomic E-state index is 0.129. The van der Waals surface area contributed by atoms with Gasteiger partial charge in [-0.2, -0.15) is 0 Å². The SMILES string of the molecule is CC(C)CN(CC(C)C)c1cc(NC(=O)Nc2ccccc2F)cc(Br)n1. The Morgan fingerprint density at radius 3 is 2.33 bits per heavy atom. The average Bonchev–Trinajstić information content (AvgIpc) is 2.55.